The lowest BCUT2D eigenvalue weighted by Crippen LogP contribution is -2.45. The largest absolute Gasteiger partial charge is 0.446 e. The lowest BCUT2D eigenvalue weighted by molar-refractivity contribution is 0.345. The molecule has 1 aromatic carbocycles. The maximum Gasteiger partial charge on any atom is 0.332 e. The summed E-state index contributed by atoms with van der Waals surface area (Å²) in [4.78, 5) is 32.3. The molecule has 0 amide bonds. The van der Waals surface area contributed by atoms with Crippen LogP contribution in [0.1, 0.15) is 37.3 Å². The zero-order valence-corrected chi connectivity index (χ0v) is 18.2. The van der Waals surface area contributed by atoms with E-state index in [2.05, 4.69) is 10.3 Å². The van der Waals surface area contributed by atoms with E-state index in [9.17, 15) is 9.59 Å². The van der Waals surface area contributed by atoms with Gasteiger partial charge in [0, 0.05) is 10.9 Å². The summed E-state index contributed by atoms with van der Waals surface area (Å²) in [7, 11) is 0. The van der Waals surface area contributed by atoms with E-state index in [1.807, 2.05) is 43.3 Å². The molecule has 1 saturated heterocycles. The Bertz CT molecular complexity index is 1330. The van der Waals surface area contributed by atoms with Gasteiger partial charge in [-0.3, -0.25) is 13.9 Å². The van der Waals surface area contributed by atoms with E-state index in [0.29, 0.717) is 16.0 Å². The fourth-order valence-electron chi connectivity index (χ4n) is 4.30. The normalized spacial score (nSPS) is 15.0. The molecule has 4 heterocycles. The Labute approximate surface area is 183 Å². The zero-order valence-electron chi connectivity index (χ0n) is 17.3. The molecular formula is C23H24N4O3S. The highest BCUT2D eigenvalue weighted by molar-refractivity contribution is 7.22. The third-order valence-electron chi connectivity index (χ3n) is 5.95. The molecule has 0 atom stereocenters. The highest BCUT2D eigenvalue weighted by Crippen LogP contribution is 2.32. The van der Waals surface area contributed by atoms with E-state index in [1.165, 1.54) is 22.3 Å². The van der Waals surface area contributed by atoms with Crippen LogP contribution in [-0.4, -0.2) is 27.2 Å². The second-order valence-corrected chi connectivity index (χ2v) is 8.84. The molecular weight excluding hydrogens is 412 g/mol. The van der Waals surface area contributed by atoms with Crippen molar-refractivity contribution >= 4 is 21.6 Å². The van der Waals surface area contributed by atoms with Crippen LogP contribution in [0.5, 0.6) is 0 Å². The molecule has 0 bridgehead atoms. The summed E-state index contributed by atoms with van der Waals surface area (Å²) in [5.74, 6) is 0.661. The van der Waals surface area contributed by atoms with Crippen molar-refractivity contribution in [3.05, 3.63) is 75.1 Å². The van der Waals surface area contributed by atoms with Gasteiger partial charge in [0.2, 0.25) is 0 Å². The van der Waals surface area contributed by atoms with Crippen molar-refractivity contribution in [1.29, 1.82) is 0 Å². The monoisotopic (exact) mass is 436 g/mol. The Balaban J connectivity index is 1.74. The summed E-state index contributed by atoms with van der Waals surface area (Å²) >= 11 is 1.45. The van der Waals surface area contributed by atoms with Gasteiger partial charge in [-0.2, -0.15) is 0 Å². The molecule has 0 aliphatic carbocycles. The Morgan fingerprint density at radius 1 is 1.19 bits per heavy atom. The van der Waals surface area contributed by atoms with Crippen molar-refractivity contribution < 1.29 is 4.42 Å². The van der Waals surface area contributed by atoms with Crippen LogP contribution >= 0.6 is 11.3 Å². The minimum atomic E-state index is -0.278. The molecule has 1 N–H and O–H groups in total. The molecule has 160 valence electrons. The van der Waals surface area contributed by atoms with Crippen LogP contribution in [0.3, 0.4) is 0 Å². The first-order chi connectivity index (χ1) is 15.2. The van der Waals surface area contributed by atoms with E-state index < -0.39 is 0 Å². The predicted molar refractivity (Wildman–Crippen MR) is 122 cm³/mol. The molecule has 1 aliphatic rings. The molecule has 31 heavy (non-hydrogen) atoms. The maximum absolute atomic E-state index is 13.6. The summed E-state index contributed by atoms with van der Waals surface area (Å²) in [6.45, 7) is 3.87. The van der Waals surface area contributed by atoms with E-state index in [1.54, 1.807) is 4.57 Å². The first kappa shape index (κ1) is 20.0. The number of hydrogen-bond donors (Lipinski definition) is 1. The third-order valence-corrected chi connectivity index (χ3v) is 7.11. The predicted octanol–water partition coefficient (Wildman–Crippen LogP) is 3.41. The smallest absolute Gasteiger partial charge is 0.332 e. The molecule has 1 aliphatic heterocycles. The maximum atomic E-state index is 13.6. The minimum absolute atomic E-state index is 0.0976. The van der Waals surface area contributed by atoms with Gasteiger partial charge in [-0.25, -0.2) is 9.78 Å². The number of hydrogen-bond acceptors (Lipinski definition) is 6. The number of piperidine rings is 1. The molecule has 0 radical (unpaired) electrons. The molecule has 4 aromatic rings. The molecule has 0 spiro atoms. The molecule has 7 nitrogen and oxygen atoms in total. The van der Waals surface area contributed by atoms with Gasteiger partial charge in [-0.15, -0.1) is 11.3 Å². The average molecular weight is 437 g/mol. The van der Waals surface area contributed by atoms with Crippen molar-refractivity contribution in [1.82, 2.24) is 19.4 Å². The van der Waals surface area contributed by atoms with Gasteiger partial charge in [0.25, 0.3) is 5.56 Å². The van der Waals surface area contributed by atoms with E-state index >= 15 is 0 Å². The molecule has 1 fully saturated rings. The Hall–Kier alpha value is -2.97. The second-order valence-electron chi connectivity index (χ2n) is 7.79. The minimum Gasteiger partial charge on any atom is -0.446 e. The first-order valence-electron chi connectivity index (χ1n) is 10.6. The highest BCUT2D eigenvalue weighted by atomic mass is 32.1. The van der Waals surface area contributed by atoms with Crippen molar-refractivity contribution in [2.24, 2.45) is 0 Å². The van der Waals surface area contributed by atoms with Gasteiger partial charge in [0.1, 0.15) is 10.5 Å². The number of aromatic nitrogens is 3. The van der Waals surface area contributed by atoms with E-state index in [4.69, 9.17) is 4.42 Å². The Morgan fingerprint density at radius 3 is 2.71 bits per heavy atom. The summed E-state index contributed by atoms with van der Waals surface area (Å²) in [6.07, 6.45) is 3.67. The van der Waals surface area contributed by atoms with Crippen LogP contribution in [-0.2, 0) is 13.0 Å². The molecule has 3 aromatic heterocycles. The fourth-order valence-corrected chi connectivity index (χ4v) is 5.41. The number of thiophene rings is 1. The number of fused-ring (bicyclic) bond motifs is 1. The lowest BCUT2D eigenvalue weighted by Gasteiger charge is -2.24. The van der Waals surface area contributed by atoms with Crippen LogP contribution in [0.4, 0.5) is 0 Å². The zero-order chi connectivity index (χ0) is 21.4. The van der Waals surface area contributed by atoms with Gasteiger partial charge >= 0.3 is 5.69 Å². The standard InChI is InChI=1S/C23H24N4O3S/c1-2-17-19(30-14-25-17)13-26-18-12-20(15-6-4-3-5-7-15)31-21(18)22(28)27(23(26)29)16-8-10-24-11-9-16/h3-7,12,14,16,24H,2,8-11,13H2,1H3. The van der Waals surface area contributed by atoms with E-state index in [-0.39, 0.29) is 23.8 Å². The molecule has 0 saturated carbocycles. The number of oxazole rings is 1. The van der Waals surface area contributed by atoms with Crippen LogP contribution in [0.15, 0.2) is 56.8 Å². The van der Waals surface area contributed by atoms with Crippen molar-refractivity contribution in [3.8, 4) is 10.4 Å². The molecule has 0 unspecified atom stereocenters. The quantitative estimate of drug-likeness (QED) is 0.518. The van der Waals surface area contributed by atoms with Crippen LogP contribution in [0.25, 0.3) is 20.7 Å². The van der Waals surface area contributed by atoms with Gasteiger partial charge in [-0.05, 0) is 44.0 Å². The van der Waals surface area contributed by atoms with Crippen molar-refractivity contribution in [3.63, 3.8) is 0 Å². The Kier molecular flexibility index (Phi) is 5.33. The SMILES string of the molecule is CCc1ncoc1Cn1c(=O)n(C2CCNCC2)c(=O)c2sc(-c3ccccc3)cc21. The van der Waals surface area contributed by atoms with Crippen molar-refractivity contribution in [2.75, 3.05) is 13.1 Å². The van der Waals surface area contributed by atoms with Crippen LogP contribution < -0.4 is 16.6 Å². The summed E-state index contributed by atoms with van der Waals surface area (Å²) in [5, 5.41) is 3.31. The van der Waals surface area contributed by atoms with Crippen LogP contribution in [0.2, 0.25) is 0 Å². The number of rotatable bonds is 5. The number of nitrogens with one attached hydrogen (secondary N) is 1. The number of aryl methyl sites for hydroxylation is 1. The Morgan fingerprint density at radius 2 is 1.97 bits per heavy atom. The van der Waals surface area contributed by atoms with Gasteiger partial charge in [0.15, 0.2) is 6.39 Å². The highest BCUT2D eigenvalue weighted by Gasteiger charge is 2.24. The first-order valence-corrected chi connectivity index (χ1v) is 11.4. The number of nitrogens with zero attached hydrogens (tertiary/aromatic N) is 3. The lowest BCUT2D eigenvalue weighted by atomic mass is 10.1. The average Bonchev–Trinajstić information content (AvgIpc) is 3.45. The summed E-state index contributed by atoms with van der Waals surface area (Å²) in [6, 6.07) is 11.8. The van der Waals surface area contributed by atoms with E-state index in [0.717, 1.165) is 48.5 Å². The molecule has 5 rings (SSSR count). The topological polar surface area (TPSA) is 82.1 Å². The fraction of sp³-hybridized carbons (Fsp3) is 0.348. The van der Waals surface area contributed by atoms with Crippen molar-refractivity contribution in [2.45, 2.75) is 38.8 Å². The van der Waals surface area contributed by atoms with Gasteiger partial charge in [-0.1, -0.05) is 37.3 Å². The van der Waals surface area contributed by atoms with Gasteiger partial charge < -0.3 is 9.73 Å². The summed E-state index contributed by atoms with van der Waals surface area (Å²) < 4.78 is 9.36. The molecule has 8 heteroatoms. The third kappa shape index (κ3) is 3.55. The van der Waals surface area contributed by atoms with Gasteiger partial charge in [0.05, 0.1) is 17.8 Å². The number of benzene rings is 1. The second kappa shape index (κ2) is 8.28. The van der Waals surface area contributed by atoms with Crippen LogP contribution in [0, 0.1) is 0 Å². The summed E-state index contributed by atoms with van der Waals surface area (Å²) in [5.41, 5.74) is 2.05.